The molecule has 0 bridgehead atoms. The van der Waals surface area contributed by atoms with Gasteiger partial charge in [0.25, 0.3) is 0 Å². The van der Waals surface area contributed by atoms with E-state index in [9.17, 15) is 0 Å². The third kappa shape index (κ3) is 8.82. The Kier molecular flexibility index (Phi) is 130. The van der Waals surface area contributed by atoms with E-state index in [2.05, 4.69) is 0 Å². The smallest absolute Gasteiger partial charge is 2.00 e. The van der Waals surface area contributed by atoms with Crippen LogP contribution in [0.4, 0.5) is 0 Å². The Morgan fingerprint density at radius 3 is 0.750 bits per heavy atom. The van der Waals surface area contributed by atoms with Crippen LogP contribution >= 0.6 is 0 Å². The molecule has 0 fully saturated rings. The Bertz CT molecular complexity index is 6.00. The molecular formula is CsO2Ti+. The quantitative estimate of drug-likeness (QED) is 0.379. The molecule has 0 atom stereocenters. The minimum atomic E-state index is 0. The van der Waals surface area contributed by atoms with Gasteiger partial charge < -0.3 is 11.0 Å². The maximum Gasteiger partial charge on any atom is 4.00 e. The SMILES string of the molecule is [Cs+].[O-2].[O-2].[Ti+4]. The molecule has 0 heterocycles. The van der Waals surface area contributed by atoms with Crippen LogP contribution in [-0.4, -0.2) is 0 Å². The predicted molar refractivity (Wildman–Crippen MR) is 1.37 cm³/mol. The Hall–Kier alpha value is 2.69. The molecule has 0 N–H and O–H groups in total. The van der Waals surface area contributed by atoms with Crippen molar-refractivity contribution in [1.82, 2.24) is 0 Å². The molecule has 0 aromatic rings. The second-order valence-electron chi connectivity index (χ2n) is 0. The summed E-state index contributed by atoms with van der Waals surface area (Å²) in [4.78, 5) is 0. The van der Waals surface area contributed by atoms with E-state index in [0.717, 1.165) is 0 Å². The van der Waals surface area contributed by atoms with Crippen LogP contribution < -0.4 is 68.9 Å². The van der Waals surface area contributed by atoms with Crippen LogP contribution in [0.3, 0.4) is 0 Å². The topological polar surface area (TPSA) is 57.0 Å². The molecule has 0 saturated carbocycles. The molecule has 4 heavy (non-hydrogen) atoms. The fraction of sp³-hybridized carbons (Fsp3) is 0. The van der Waals surface area contributed by atoms with E-state index in [0.29, 0.717) is 0 Å². The molecule has 0 aliphatic rings. The van der Waals surface area contributed by atoms with Crippen molar-refractivity contribution in [3.05, 3.63) is 0 Å². The first-order valence-corrected chi connectivity index (χ1v) is 0. The van der Waals surface area contributed by atoms with Crippen LogP contribution in [0.2, 0.25) is 0 Å². The first-order valence-electron chi connectivity index (χ1n) is 0. The second-order valence-corrected chi connectivity index (χ2v) is 0. The van der Waals surface area contributed by atoms with Gasteiger partial charge in [-0.1, -0.05) is 0 Å². The van der Waals surface area contributed by atoms with Gasteiger partial charge in [-0.3, -0.25) is 0 Å². The van der Waals surface area contributed by atoms with Crippen molar-refractivity contribution < 1.29 is 102 Å². The standard InChI is InChI=1S/Cs.2O.Ti/q+1;2*-2;+4. The van der Waals surface area contributed by atoms with E-state index in [1.807, 2.05) is 0 Å². The minimum absolute atomic E-state index is 0. The summed E-state index contributed by atoms with van der Waals surface area (Å²) in [6.07, 6.45) is 0. The molecule has 0 amide bonds. The third-order valence-corrected chi connectivity index (χ3v) is 0. The van der Waals surface area contributed by atoms with E-state index in [1.54, 1.807) is 0 Å². The van der Waals surface area contributed by atoms with Gasteiger partial charge in [0.1, 0.15) is 0 Å². The number of hydrogen-bond acceptors (Lipinski definition) is 0. The van der Waals surface area contributed by atoms with Gasteiger partial charge in [0, 0.05) is 0 Å². The first kappa shape index (κ1) is 30.0. The molecule has 0 aliphatic heterocycles. The van der Waals surface area contributed by atoms with Crippen molar-refractivity contribution >= 4 is 0 Å². The maximum atomic E-state index is 0. The van der Waals surface area contributed by atoms with Gasteiger partial charge in [-0.25, -0.2) is 0 Å². The predicted octanol–water partition coefficient (Wildman–Crippen LogP) is -3.24. The van der Waals surface area contributed by atoms with Gasteiger partial charge in [-0.2, -0.15) is 0 Å². The van der Waals surface area contributed by atoms with E-state index >= 15 is 0 Å². The molecule has 16 valence electrons. The van der Waals surface area contributed by atoms with Crippen LogP contribution in [0.1, 0.15) is 0 Å². The molecule has 0 aromatic heterocycles. The van der Waals surface area contributed by atoms with Crippen LogP contribution in [0.5, 0.6) is 0 Å². The van der Waals surface area contributed by atoms with Crippen LogP contribution in [-0.2, 0) is 32.7 Å². The van der Waals surface area contributed by atoms with E-state index in [4.69, 9.17) is 0 Å². The van der Waals surface area contributed by atoms with Gasteiger partial charge in [0.05, 0.1) is 0 Å². The number of rotatable bonds is 0. The van der Waals surface area contributed by atoms with E-state index in [1.165, 1.54) is 0 Å². The van der Waals surface area contributed by atoms with Crippen molar-refractivity contribution in [1.29, 1.82) is 0 Å². The van der Waals surface area contributed by atoms with Gasteiger partial charge in [0.15, 0.2) is 0 Å². The fourth-order valence-electron chi connectivity index (χ4n) is 0. The molecule has 0 spiro atoms. The molecular weight excluding hydrogens is 213 g/mol. The Labute approximate surface area is 98.6 Å². The van der Waals surface area contributed by atoms with Crippen LogP contribution in [0.25, 0.3) is 0 Å². The summed E-state index contributed by atoms with van der Waals surface area (Å²) in [6, 6.07) is 0. The van der Waals surface area contributed by atoms with Crippen molar-refractivity contribution in [3.8, 4) is 0 Å². The monoisotopic (exact) mass is 213 g/mol. The summed E-state index contributed by atoms with van der Waals surface area (Å²) in [5.74, 6) is 0. The zero-order chi connectivity index (χ0) is 0. The molecule has 0 unspecified atom stereocenters. The Balaban J connectivity index is 0. The normalized spacial score (nSPS) is 0. The van der Waals surface area contributed by atoms with Crippen molar-refractivity contribution in [2.24, 2.45) is 0 Å². The van der Waals surface area contributed by atoms with Gasteiger partial charge >= 0.3 is 90.6 Å². The molecule has 0 rings (SSSR count). The molecule has 0 radical (unpaired) electrons. The van der Waals surface area contributed by atoms with Crippen molar-refractivity contribution in [2.45, 2.75) is 0 Å². The third-order valence-electron chi connectivity index (χ3n) is 0. The van der Waals surface area contributed by atoms with E-state index in [-0.39, 0.29) is 102 Å². The fourth-order valence-corrected chi connectivity index (χ4v) is 0. The average Bonchev–Trinajstić information content (AvgIpc) is 0. The maximum absolute atomic E-state index is 0. The zero-order valence-electron chi connectivity index (χ0n) is 2.32. The van der Waals surface area contributed by atoms with Gasteiger partial charge in [-0.05, 0) is 0 Å². The molecule has 2 nitrogen and oxygen atoms in total. The first-order chi connectivity index (χ1) is 0. The minimum Gasteiger partial charge on any atom is -2.00 e. The molecule has 0 saturated heterocycles. The summed E-state index contributed by atoms with van der Waals surface area (Å²) in [5, 5.41) is 0. The Morgan fingerprint density at radius 1 is 0.750 bits per heavy atom. The summed E-state index contributed by atoms with van der Waals surface area (Å²) in [5.41, 5.74) is 0. The molecule has 4 heteroatoms. The van der Waals surface area contributed by atoms with Crippen molar-refractivity contribution in [2.75, 3.05) is 0 Å². The summed E-state index contributed by atoms with van der Waals surface area (Å²) >= 11 is 0. The molecule has 0 aliphatic carbocycles. The summed E-state index contributed by atoms with van der Waals surface area (Å²) in [7, 11) is 0. The largest absolute Gasteiger partial charge is 4.00 e. The van der Waals surface area contributed by atoms with E-state index < -0.39 is 0 Å². The average molecular weight is 213 g/mol. The summed E-state index contributed by atoms with van der Waals surface area (Å²) in [6.45, 7) is 0. The Morgan fingerprint density at radius 2 is 0.750 bits per heavy atom. The van der Waals surface area contributed by atoms with Gasteiger partial charge in [-0.15, -0.1) is 0 Å². The zero-order valence-corrected chi connectivity index (χ0v) is 10.2. The molecule has 0 aromatic carbocycles. The van der Waals surface area contributed by atoms with Gasteiger partial charge in [0.2, 0.25) is 0 Å². The van der Waals surface area contributed by atoms with Crippen LogP contribution in [0, 0.1) is 0 Å². The van der Waals surface area contributed by atoms with Crippen LogP contribution in [0.15, 0.2) is 0 Å². The second kappa shape index (κ2) is 17.3. The number of hydrogen-bond donors (Lipinski definition) is 0. The van der Waals surface area contributed by atoms with Crippen molar-refractivity contribution in [3.63, 3.8) is 0 Å². The summed E-state index contributed by atoms with van der Waals surface area (Å²) < 4.78 is 0.